The molecule has 0 unspecified atom stereocenters. The van der Waals surface area contributed by atoms with Crippen LogP contribution in [0.2, 0.25) is 0 Å². The van der Waals surface area contributed by atoms with Crippen LogP contribution in [-0.4, -0.2) is 6.54 Å². The Bertz CT molecular complexity index is 197. The van der Waals surface area contributed by atoms with Gasteiger partial charge in [0.15, 0.2) is 0 Å². The van der Waals surface area contributed by atoms with E-state index in [1.807, 2.05) is 13.0 Å². The van der Waals surface area contributed by atoms with Gasteiger partial charge in [-0.05, 0) is 33.7 Å². The Labute approximate surface area is 75.7 Å². The van der Waals surface area contributed by atoms with Gasteiger partial charge >= 0.3 is 0 Å². The van der Waals surface area contributed by atoms with Gasteiger partial charge in [0.05, 0.1) is 0 Å². The molecule has 0 fully saturated rings. The van der Waals surface area contributed by atoms with E-state index in [4.69, 9.17) is 5.73 Å². The van der Waals surface area contributed by atoms with Gasteiger partial charge < -0.3 is 5.73 Å². The highest BCUT2D eigenvalue weighted by Crippen LogP contribution is 2.01. The third-order valence-electron chi connectivity index (χ3n) is 1.60. The van der Waals surface area contributed by atoms with Crippen LogP contribution in [0.25, 0.3) is 0 Å². The summed E-state index contributed by atoms with van der Waals surface area (Å²) in [6.45, 7) is 6.95. The summed E-state index contributed by atoms with van der Waals surface area (Å²) in [5.74, 6) is 0. The second-order valence-electron chi connectivity index (χ2n) is 2.96. The van der Waals surface area contributed by atoms with Crippen molar-refractivity contribution in [3.63, 3.8) is 0 Å². The lowest BCUT2D eigenvalue weighted by Gasteiger charge is -1.94. The number of allylic oxidation sites excluding steroid dienone is 5. The van der Waals surface area contributed by atoms with Crippen molar-refractivity contribution in [3.05, 3.63) is 35.5 Å². The Hall–Kier alpha value is -0.820. The fraction of sp³-hybridized carbons (Fsp3) is 0.455. The molecule has 0 aromatic carbocycles. The monoisotopic (exact) mass is 165 g/mol. The molecule has 0 saturated carbocycles. The maximum absolute atomic E-state index is 5.42. The van der Waals surface area contributed by atoms with Crippen molar-refractivity contribution in [2.24, 2.45) is 5.73 Å². The zero-order valence-corrected chi connectivity index (χ0v) is 8.30. The van der Waals surface area contributed by atoms with E-state index in [1.165, 1.54) is 11.1 Å². The van der Waals surface area contributed by atoms with Gasteiger partial charge in [-0.2, -0.15) is 0 Å². The molecule has 0 radical (unpaired) electrons. The van der Waals surface area contributed by atoms with Crippen molar-refractivity contribution < 1.29 is 0 Å². The van der Waals surface area contributed by atoms with Crippen molar-refractivity contribution in [3.8, 4) is 0 Å². The molecule has 0 aliphatic rings. The van der Waals surface area contributed by atoms with Gasteiger partial charge in [-0.1, -0.05) is 35.5 Å². The average Bonchev–Trinajstić information content (AvgIpc) is 2.02. The summed E-state index contributed by atoms with van der Waals surface area (Å²) in [4.78, 5) is 0. The molecule has 0 aliphatic carbocycles. The molecule has 1 heteroatoms. The van der Waals surface area contributed by atoms with E-state index in [9.17, 15) is 0 Å². The van der Waals surface area contributed by atoms with E-state index in [0.29, 0.717) is 0 Å². The topological polar surface area (TPSA) is 26.0 Å². The second kappa shape index (κ2) is 6.86. The van der Waals surface area contributed by atoms with Crippen molar-refractivity contribution in [2.75, 3.05) is 6.54 Å². The molecule has 0 spiro atoms. The Kier molecular flexibility index (Phi) is 6.39. The van der Waals surface area contributed by atoms with Gasteiger partial charge in [0.1, 0.15) is 0 Å². The smallest absolute Gasteiger partial charge is 0.00399 e. The van der Waals surface area contributed by atoms with Crippen molar-refractivity contribution in [1.82, 2.24) is 0 Å². The summed E-state index contributed by atoms with van der Waals surface area (Å²) in [6, 6.07) is 0. The van der Waals surface area contributed by atoms with Crippen molar-refractivity contribution in [2.45, 2.75) is 27.2 Å². The normalized spacial score (nSPS) is 14.3. The number of rotatable bonds is 4. The van der Waals surface area contributed by atoms with Crippen LogP contribution >= 0.6 is 0 Å². The van der Waals surface area contributed by atoms with Crippen LogP contribution < -0.4 is 5.73 Å². The highest BCUT2D eigenvalue weighted by molar-refractivity contribution is 5.23. The fourth-order valence-electron chi connectivity index (χ4n) is 0.903. The van der Waals surface area contributed by atoms with E-state index in [2.05, 4.69) is 32.1 Å². The molecule has 0 aromatic heterocycles. The van der Waals surface area contributed by atoms with E-state index in [0.717, 1.165) is 13.0 Å². The minimum atomic E-state index is 0.735. The standard InChI is InChI=1S/C11H19N/c1-4-5-10(2)6-7-11(3)8-9-12/h4-7H,8-9,12H2,1-3H3/b5-4+,10-6+,11-7+. The molecule has 0 bridgehead atoms. The van der Waals surface area contributed by atoms with Crippen LogP contribution in [-0.2, 0) is 0 Å². The third kappa shape index (κ3) is 5.93. The minimum absolute atomic E-state index is 0.735. The number of nitrogens with two attached hydrogens (primary N) is 1. The van der Waals surface area contributed by atoms with Gasteiger partial charge in [0.2, 0.25) is 0 Å². The quantitative estimate of drug-likeness (QED) is 0.637. The van der Waals surface area contributed by atoms with E-state index in [-0.39, 0.29) is 0 Å². The molecule has 68 valence electrons. The molecule has 0 amide bonds. The molecule has 0 aromatic rings. The predicted molar refractivity (Wildman–Crippen MR) is 56.0 cm³/mol. The Morgan fingerprint density at radius 3 is 2.42 bits per heavy atom. The predicted octanol–water partition coefficient (Wildman–Crippen LogP) is 2.80. The Morgan fingerprint density at radius 2 is 1.92 bits per heavy atom. The fourth-order valence-corrected chi connectivity index (χ4v) is 0.903. The zero-order valence-electron chi connectivity index (χ0n) is 8.30. The third-order valence-corrected chi connectivity index (χ3v) is 1.60. The lowest BCUT2D eigenvalue weighted by molar-refractivity contribution is 0.950. The first-order chi connectivity index (χ1) is 5.70. The lowest BCUT2D eigenvalue weighted by Crippen LogP contribution is -1.98. The molecule has 0 heterocycles. The maximum Gasteiger partial charge on any atom is -0.00399 e. The summed E-state index contributed by atoms with van der Waals surface area (Å²) < 4.78 is 0. The second-order valence-corrected chi connectivity index (χ2v) is 2.96. The van der Waals surface area contributed by atoms with Gasteiger partial charge in [0.25, 0.3) is 0 Å². The molecular weight excluding hydrogens is 146 g/mol. The maximum atomic E-state index is 5.42. The van der Waals surface area contributed by atoms with Crippen LogP contribution in [0.1, 0.15) is 27.2 Å². The van der Waals surface area contributed by atoms with Crippen molar-refractivity contribution >= 4 is 0 Å². The van der Waals surface area contributed by atoms with Crippen LogP contribution in [0.15, 0.2) is 35.5 Å². The molecule has 0 aliphatic heterocycles. The molecular formula is C11H19N. The molecule has 0 atom stereocenters. The first-order valence-corrected chi connectivity index (χ1v) is 4.37. The van der Waals surface area contributed by atoms with Crippen LogP contribution in [0.3, 0.4) is 0 Å². The number of hydrogen-bond donors (Lipinski definition) is 1. The zero-order chi connectivity index (χ0) is 9.40. The number of hydrogen-bond acceptors (Lipinski definition) is 1. The molecule has 1 nitrogen and oxygen atoms in total. The molecule has 0 saturated heterocycles. The van der Waals surface area contributed by atoms with E-state index < -0.39 is 0 Å². The molecule has 12 heavy (non-hydrogen) atoms. The Morgan fingerprint density at radius 1 is 1.25 bits per heavy atom. The van der Waals surface area contributed by atoms with Crippen LogP contribution in [0.4, 0.5) is 0 Å². The highest BCUT2D eigenvalue weighted by Gasteiger charge is 1.84. The van der Waals surface area contributed by atoms with Gasteiger partial charge in [-0.15, -0.1) is 0 Å². The van der Waals surface area contributed by atoms with Crippen LogP contribution in [0.5, 0.6) is 0 Å². The van der Waals surface area contributed by atoms with Gasteiger partial charge in [-0.25, -0.2) is 0 Å². The highest BCUT2D eigenvalue weighted by atomic mass is 14.5. The summed E-state index contributed by atoms with van der Waals surface area (Å²) in [7, 11) is 0. The SMILES string of the molecule is C/C=C/C(C)=C/C=C(\C)CCN. The largest absolute Gasteiger partial charge is 0.330 e. The lowest BCUT2D eigenvalue weighted by atomic mass is 10.1. The summed E-state index contributed by atoms with van der Waals surface area (Å²) in [5.41, 5.74) is 8.03. The summed E-state index contributed by atoms with van der Waals surface area (Å²) >= 11 is 0. The average molecular weight is 165 g/mol. The van der Waals surface area contributed by atoms with E-state index >= 15 is 0 Å². The Balaban J connectivity index is 4.07. The first-order valence-electron chi connectivity index (χ1n) is 4.37. The summed E-state index contributed by atoms with van der Waals surface area (Å²) in [5, 5.41) is 0. The van der Waals surface area contributed by atoms with Gasteiger partial charge in [-0.3, -0.25) is 0 Å². The molecule has 0 rings (SSSR count). The van der Waals surface area contributed by atoms with Gasteiger partial charge in [0, 0.05) is 0 Å². The molecule has 2 N–H and O–H groups in total. The minimum Gasteiger partial charge on any atom is -0.330 e. The van der Waals surface area contributed by atoms with Crippen molar-refractivity contribution in [1.29, 1.82) is 0 Å². The first kappa shape index (κ1) is 11.2. The van der Waals surface area contributed by atoms with E-state index in [1.54, 1.807) is 0 Å². The van der Waals surface area contributed by atoms with Crippen LogP contribution in [0, 0.1) is 0 Å². The summed E-state index contributed by atoms with van der Waals surface area (Å²) in [6.07, 6.45) is 9.36.